The number of hydrogen-bond donors (Lipinski definition) is 0. The van der Waals surface area contributed by atoms with Crippen LogP contribution < -0.4 is 4.74 Å². The second-order valence-corrected chi connectivity index (χ2v) is 5.94. The molecule has 1 fully saturated rings. The summed E-state index contributed by atoms with van der Waals surface area (Å²) in [5.41, 5.74) is 2.57. The Morgan fingerprint density at radius 3 is 2.58 bits per heavy atom. The Balaban J connectivity index is 2.07. The molecular formula is C17H26O2. The number of aryl methyl sites for hydroxylation is 1. The average Bonchev–Trinajstić information content (AvgIpc) is 2.41. The summed E-state index contributed by atoms with van der Waals surface area (Å²) in [7, 11) is 1.80. The molecule has 0 heterocycles. The van der Waals surface area contributed by atoms with Crippen molar-refractivity contribution in [2.24, 2.45) is 0 Å². The van der Waals surface area contributed by atoms with Gasteiger partial charge in [0.25, 0.3) is 0 Å². The van der Waals surface area contributed by atoms with Gasteiger partial charge in [0.15, 0.2) is 0 Å². The first-order chi connectivity index (χ1) is 9.10. The van der Waals surface area contributed by atoms with E-state index in [4.69, 9.17) is 9.47 Å². The van der Waals surface area contributed by atoms with Crippen LogP contribution in [0.1, 0.15) is 56.6 Å². The third kappa shape index (κ3) is 3.73. The first-order valence-corrected chi connectivity index (χ1v) is 7.40. The molecule has 1 aromatic carbocycles. The molecule has 0 saturated heterocycles. The molecule has 1 aliphatic carbocycles. The van der Waals surface area contributed by atoms with E-state index in [1.54, 1.807) is 7.11 Å². The third-order valence-electron chi connectivity index (χ3n) is 4.08. The fourth-order valence-electron chi connectivity index (χ4n) is 2.71. The summed E-state index contributed by atoms with van der Waals surface area (Å²) in [6, 6.07) is 6.57. The van der Waals surface area contributed by atoms with Gasteiger partial charge in [-0.15, -0.1) is 0 Å². The summed E-state index contributed by atoms with van der Waals surface area (Å²) in [6.45, 7) is 6.56. The third-order valence-corrected chi connectivity index (χ3v) is 4.08. The molecule has 0 amide bonds. The van der Waals surface area contributed by atoms with Gasteiger partial charge in [-0.25, -0.2) is 0 Å². The number of hydrogen-bond acceptors (Lipinski definition) is 2. The van der Waals surface area contributed by atoms with E-state index in [-0.39, 0.29) is 0 Å². The largest absolute Gasteiger partial charge is 0.490 e. The summed E-state index contributed by atoms with van der Waals surface area (Å²) in [4.78, 5) is 0. The van der Waals surface area contributed by atoms with Gasteiger partial charge < -0.3 is 9.47 Å². The van der Waals surface area contributed by atoms with Crippen LogP contribution in [0.2, 0.25) is 0 Å². The Labute approximate surface area is 117 Å². The predicted molar refractivity (Wildman–Crippen MR) is 78.9 cm³/mol. The summed E-state index contributed by atoms with van der Waals surface area (Å²) in [5, 5.41) is 0. The van der Waals surface area contributed by atoms with Crippen LogP contribution in [0, 0.1) is 6.92 Å². The Morgan fingerprint density at radius 2 is 1.89 bits per heavy atom. The van der Waals surface area contributed by atoms with Gasteiger partial charge in [-0.1, -0.05) is 26.0 Å². The lowest BCUT2D eigenvalue weighted by atomic mass is 9.94. The Morgan fingerprint density at radius 1 is 1.16 bits per heavy atom. The van der Waals surface area contributed by atoms with Gasteiger partial charge in [-0.05, 0) is 49.3 Å². The van der Waals surface area contributed by atoms with Crippen molar-refractivity contribution in [3.63, 3.8) is 0 Å². The molecule has 2 rings (SSSR count). The molecule has 1 aliphatic rings. The summed E-state index contributed by atoms with van der Waals surface area (Å²) in [6.07, 6.45) is 5.20. The monoisotopic (exact) mass is 262 g/mol. The van der Waals surface area contributed by atoms with Gasteiger partial charge in [-0.2, -0.15) is 0 Å². The lowest BCUT2D eigenvalue weighted by Gasteiger charge is -2.29. The van der Waals surface area contributed by atoms with Gasteiger partial charge in [0.05, 0.1) is 6.10 Å². The minimum atomic E-state index is 0.305. The van der Waals surface area contributed by atoms with E-state index < -0.39 is 0 Å². The van der Waals surface area contributed by atoms with Gasteiger partial charge in [0.1, 0.15) is 11.9 Å². The lowest BCUT2D eigenvalue weighted by molar-refractivity contribution is 0.0207. The van der Waals surface area contributed by atoms with Crippen LogP contribution in [-0.2, 0) is 4.74 Å². The van der Waals surface area contributed by atoms with Crippen LogP contribution in [0.15, 0.2) is 18.2 Å². The SMILES string of the molecule is COC1CCCC(Oc2cc(C(C)C)ccc2C)C1. The van der Waals surface area contributed by atoms with E-state index in [1.165, 1.54) is 24.0 Å². The minimum Gasteiger partial charge on any atom is -0.490 e. The van der Waals surface area contributed by atoms with Crippen molar-refractivity contribution in [1.82, 2.24) is 0 Å². The van der Waals surface area contributed by atoms with Crippen LogP contribution in [0.5, 0.6) is 5.75 Å². The number of benzene rings is 1. The minimum absolute atomic E-state index is 0.305. The first kappa shape index (κ1) is 14.4. The van der Waals surface area contributed by atoms with Crippen LogP contribution in [0.4, 0.5) is 0 Å². The maximum absolute atomic E-state index is 6.23. The quantitative estimate of drug-likeness (QED) is 0.798. The summed E-state index contributed by atoms with van der Waals surface area (Å²) in [5.74, 6) is 1.59. The lowest BCUT2D eigenvalue weighted by Crippen LogP contribution is -2.29. The molecule has 2 nitrogen and oxygen atoms in total. The van der Waals surface area contributed by atoms with E-state index in [0.29, 0.717) is 18.1 Å². The number of rotatable bonds is 4. The van der Waals surface area contributed by atoms with E-state index in [0.717, 1.165) is 18.6 Å². The summed E-state index contributed by atoms with van der Waals surface area (Å²) >= 11 is 0. The standard InChI is InChI=1S/C17H26O2/c1-12(2)14-9-8-13(3)17(10-14)19-16-7-5-6-15(11-16)18-4/h8-10,12,15-16H,5-7,11H2,1-4H3. The first-order valence-electron chi connectivity index (χ1n) is 7.40. The molecule has 1 aromatic rings. The van der Waals surface area contributed by atoms with Gasteiger partial charge in [0.2, 0.25) is 0 Å². The van der Waals surface area contributed by atoms with Crippen molar-refractivity contribution in [2.75, 3.05) is 7.11 Å². The van der Waals surface area contributed by atoms with Crippen molar-refractivity contribution in [2.45, 2.75) is 64.6 Å². The molecule has 0 bridgehead atoms. The maximum Gasteiger partial charge on any atom is 0.122 e. The molecule has 106 valence electrons. The zero-order valence-corrected chi connectivity index (χ0v) is 12.6. The molecular weight excluding hydrogens is 236 g/mol. The molecule has 0 radical (unpaired) electrons. The topological polar surface area (TPSA) is 18.5 Å². The second kappa shape index (κ2) is 6.42. The highest BCUT2D eigenvalue weighted by atomic mass is 16.5. The zero-order valence-electron chi connectivity index (χ0n) is 12.6. The average molecular weight is 262 g/mol. The predicted octanol–water partition coefficient (Wildman–Crippen LogP) is 4.45. The highest BCUT2D eigenvalue weighted by Gasteiger charge is 2.23. The van der Waals surface area contributed by atoms with Gasteiger partial charge in [0, 0.05) is 13.5 Å². The van der Waals surface area contributed by atoms with Crippen molar-refractivity contribution < 1.29 is 9.47 Å². The van der Waals surface area contributed by atoms with E-state index in [9.17, 15) is 0 Å². The molecule has 2 heteroatoms. The molecule has 19 heavy (non-hydrogen) atoms. The second-order valence-electron chi connectivity index (χ2n) is 5.94. The van der Waals surface area contributed by atoms with E-state index >= 15 is 0 Å². The van der Waals surface area contributed by atoms with Gasteiger partial charge >= 0.3 is 0 Å². The van der Waals surface area contributed by atoms with Crippen LogP contribution in [0.3, 0.4) is 0 Å². The van der Waals surface area contributed by atoms with Crippen LogP contribution >= 0.6 is 0 Å². The fraction of sp³-hybridized carbons (Fsp3) is 0.647. The van der Waals surface area contributed by atoms with E-state index in [1.807, 2.05) is 0 Å². The molecule has 0 N–H and O–H groups in total. The molecule has 0 aromatic heterocycles. The smallest absolute Gasteiger partial charge is 0.122 e. The maximum atomic E-state index is 6.23. The Bertz CT molecular complexity index is 412. The van der Waals surface area contributed by atoms with Crippen LogP contribution in [0.25, 0.3) is 0 Å². The van der Waals surface area contributed by atoms with Crippen molar-refractivity contribution >= 4 is 0 Å². The molecule has 2 atom stereocenters. The number of ether oxygens (including phenoxy) is 2. The Hall–Kier alpha value is -1.02. The van der Waals surface area contributed by atoms with E-state index in [2.05, 4.69) is 39.0 Å². The van der Waals surface area contributed by atoms with Crippen molar-refractivity contribution in [3.8, 4) is 5.75 Å². The fourth-order valence-corrected chi connectivity index (χ4v) is 2.71. The highest BCUT2D eigenvalue weighted by Crippen LogP contribution is 2.29. The number of methoxy groups -OCH3 is 1. The van der Waals surface area contributed by atoms with Crippen molar-refractivity contribution in [3.05, 3.63) is 29.3 Å². The van der Waals surface area contributed by atoms with Crippen LogP contribution in [-0.4, -0.2) is 19.3 Å². The molecule has 1 saturated carbocycles. The molecule has 0 aliphatic heterocycles. The van der Waals surface area contributed by atoms with Gasteiger partial charge in [-0.3, -0.25) is 0 Å². The molecule has 2 unspecified atom stereocenters. The summed E-state index contributed by atoms with van der Waals surface area (Å²) < 4.78 is 11.7. The normalized spacial score (nSPS) is 23.6. The zero-order chi connectivity index (χ0) is 13.8. The highest BCUT2D eigenvalue weighted by molar-refractivity contribution is 5.38. The molecule has 0 spiro atoms. The van der Waals surface area contributed by atoms with Crippen molar-refractivity contribution in [1.29, 1.82) is 0 Å². The Kier molecular flexibility index (Phi) is 4.87.